The third-order valence-electron chi connectivity index (χ3n) is 2.27. The summed E-state index contributed by atoms with van der Waals surface area (Å²) < 4.78 is 10.4. The molecular formula is C13H12N2O4. The summed E-state index contributed by atoms with van der Waals surface area (Å²) in [6, 6.07) is 8.51. The van der Waals surface area contributed by atoms with Gasteiger partial charge in [0.05, 0.1) is 6.61 Å². The molecule has 0 saturated heterocycles. The molecule has 0 spiro atoms. The molecule has 0 aliphatic rings. The molecule has 98 valence electrons. The van der Waals surface area contributed by atoms with E-state index in [2.05, 4.69) is 9.97 Å². The molecule has 1 heterocycles. The van der Waals surface area contributed by atoms with Gasteiger partial charge in [0.25, 0.3) is 0 Å². The van der Waals surface area contributed by atoms with E-state index in [9.17, 15) is 4.79 Å². The number of carbonyl (C=O) groups is 1. The second kappa shape index (κ2) is 5.92. The number of carboxylic acids is 1. The zero-order chi connectivity index (χ0) is 13.7. The van der Waals surface area contributed by atoms with Crippen LogP contribution < -0.4 is 4.74 Å². The molecule has 0 bridgehead atoms. The molecule has 0 atom stereocenters. The molecule has 0 aliphatic heterocycles. The van der Waals surface area contributed by atoms with Crippen molar-refractivity contribution in [2.24, 2.45) is 0 Å². The molecule has 0 aliphatic carbocycles. The fraction of sp³-hybridized carbons (Fsp3) is 0.154. The van der Waals surface area contributed by atoms with Crippen molar-refractivity contribution in [2.45, 2.75) is 6.61 Å². The highest BCUT2D eigenvalue weighted by atomic mass is 16.5. The van der Waals surface area contributed by atoms with Crippen molar-refractivity contribution < 1.29 is 19.4 Å². The van der Waals surface area contributed by atoms with E-state index in [0.717, 1.165) is 5.56 Å². The van der Waals surface area contributed by atoms with Crippen molar-refractivity contribution in [3.63, 3.8) is 0 Å². The van der Waals surface area contributed by atoms with Crippen molar-refractivity contribution in [1.29, 1.82) is 0 Å². The van der Waals surface area contributed by atoms with Gasteiger partial charge in [-0.3, -0.25) is 0 Å². The maximum Gasteiger partial charge on any atom is 0.354 e. The van der Waals surface area contributed by atoms with Crippen LogP contribution in [0.2, 0.25) is 0 Å². The lowest BCUT2D eigenvalue weighted by molar-refractivity contribution is 0.0689. The zero-order valence-electron chi connectivity index (χ0n) is 10.2. The summed E-state index contributed by atoms with van der Waals surface area (Å²) in [5.74, 6) is -0.600. The van der Waals surface area contributed by atoms with Gasteiger partial charge in [0, 0.05) is 13.3 Å². The average Bonchev–Trinajstić information content (AvgIpc) is 2.40. The van der Waals surface area contributed by atoms with Crippen LogP contribution in [0.3, 0.4) is 0 Å². The smallest absolute Gasteiger partial charge is 0.354 e. The van der Waals surface area contributed by atoms with E-state index in [4.69, 9.17) is 14.6 Å². The molecule has 0 saturated carbocycles. The van der Waals surface area contributed by atoms with Gasteiger partial charge < -0.3 is 14.6 Å². The predicted octanol–water partition coefficient (Wildman–Crippen LogP) is 2.11. The first-order chi connectivity index (χ1) is 9.19. The van der Waals surface area contributed by atoms with Gasteiger partial charge in [-0.05, 0) is 23.8 Å². The minimum Gasteiger partial charge on any atom is -0.477 e. The van der Waals surface area contributed by atoms with Crippen molar-refractivity contribution in [3.05, 3.63) is 47.8 Å². The van der Waals surface area contributed by atoms with Gasteiger partial charge in [-0.15, -0.1) is 0 Å². The van der Waals surface area contributed by atoms with Crippen molar-refractivity contribution in [2.75, 3.05) is 7.11 Å². The van der Waals surface area contributed by atoms with Gasteiger partial charge in [0.1, 0.15) is 5.75 Å². The molecule has 2 rings (SSSR count). The summed E-state index contributed by atoms with van der Waals surface area (Å²) in [6.45, 7) is 0.465. The van der Waals surface area contributed by atoms with Crippen molar-refractivity contribution in [1.82, 2.24) is 9.97 Å². The average molecular weight is 260 g/mol. The second-order valence-corrected chi connectivity index (χ2v) is 3.71. The maximum absolute atomic E-state index is 10.8. The number of rotatable bonds is 5. The number of hydrogen-bond acceptors (Lipinski definition) is 5. The molecule has 0 amide bonds. The summed E-state index contributed by atoms with van der Waals surface area (Å²) in [7, 11) is 1.60. The Kier molecular flexibility index (Phi) is 4.04. The zero-order valence-corrected chi connectivity index (χ0v) is 10.2. The van der Waals surface area contributed by atoms with Crippen LogP contribution in [0.25, 0.3) is 0 Å². The molecule has 19 heavy (non-hydrogen) atoms. The first-order valence-corrected chi connectivity index (χ1v) is 5.51. The Labute approximate surface area is 109 Å². The van der Waals surface area contributed by atoms with Gasteiger partial charge in [0.2, 0.25) is 0 Å². The number of carboxylic acid groups (broad SMARTS) is 1. The van der Waals surface area contributed by atoms with E-state index in [-0.39, 0.29) is 11.7 Å². The third kappa shape index (κ3) is 3.49. The van der Waals surface area contributed by atoms with Gasteiger partial charge in [-0.25, -0.2) is 9.78 Å². The van der Waals surface area contributed by atoms with Crippen molar-refractivity contribution >= 4 is 5.97 Å². The second-order valence-electron chi connectivity index (χ2n) is 3.71. The summed E-state index contributed by atoms with van der Waals surface area (Å²) in [4.78, 5) is 18.4. The lowest BCUT2D eigenvalue weighted by atomic mass is 10.2. The first kappa shape index (κ1) is 13.0. The number of nitrogens with zero attached hydrogens (tertiary/aromatic N) is 2. The van der Waals surface area contributed by atoms with E-state index in [1.165, 1.54) is 12.3 Å². The van der Waals surface area contributed by atoms with Crippen LogP contribution in [0.15, 0.2) is 36.5 Å². The standard InChI is InChI=1S/C13H12N2O4/c1-18-8-9-3-2-4-10(7-9)19-13-14-6-5-11(15-13)12(16)17/h2-7H,8H2,1H3,(H,16,17). The normalized spacial score (nSPS) is 10.2. The molecule has 1 aromatic carbocycles. The Hall–Kier alpha value is -2.47. The number of methoxy groups -OCH3 is 1. The van der Waals surface area contributed by atoms with Crippen LogP contribution in [-0.2, 0) is 11.3 Å². The van der Waals surface area contributed by atoms with Crippen LogP contribution in [0.4, 0.5) is 0 Å². The quantitative estimate of drug-likeness (QED) is 0.886. The maximum atomic E-state index is 10.8. The number of aromatic nitrogens is 2. The summed E-state index contributed by atoms with van der Waals surface area (Å²) in [6.07, 6.45) is 1.34. The van der Waals surface area contributed by atoms with Crippen LogP contribution in [-0.4, -0.2) is 28.2 Å². The van der Waals surface area contributed by atoms with Crippen LogP contribution >= 0.6 is 0 Å². The molecule has 0 fully saturated rings. The number of ether oxygens (including phenoxy) is 2. The summed E-state index contributed by atoms with van der Waals surface area (Å²) in [5, 5.41) is 8.83. The molecule has 6 heteroatoms. The molecule has 6 nitrogen and oxygen atoms in total. The Balaban J connectivity index is 2.18. The molecule has 0 unspecified atom stereocenters. The molecule has 1 N–H and O–H groups in total. The Morgan fingerprint density at radius 2 is 2.21 bits per heavy atom. The predicted molar refractivity (Wildman–Crippen MR) is 66.2 cm³/mol. The van der Waals surface area contributed by atoms with Gasteiger partial charge in [-0.1, -0.05) is 12.1 Å². The van der Waals surface area contributed by atoms with E-state index in [0.29, 0.717) is 12.4 Å². The minimum absolute atomic E-state index is 0.00512. The summed E-state index contributed by atoms with van der Waals surface area (Å²) >= 11 is 0. The highest BCUT2D eigenvalue weighted by Crippen LogP contribution is 2.19. The largest absolute Gasteiger partial charge is 0.477 e. The van der Waals surface area contributed by atoms with Crippen molar-refractivity contribution in [3.8, 4) is 11.8 Å². The minimum atomic E-state index is -1.12. The fourth-order valence-corrected chi connectivity index (χ4v) is 1.48. The lowest BCUT2D eigenvalue weighted by Crippen LogP contribution is -2.02. The third-order valence-corrected chi connectivity index (χ3v) is 2.27. The number of hydrogen-bond donors (Lipinski definition) is 1. The fourth-order valence-electron chi connectivity index (χ4n) is 1.48. The number of benzene rings is 1. The van der Waals surface area contributed by atoms with E-state index in [1.807, 2.05) is 12.1 Å². The molecule has 1 aromatic heterocycles. The Bertz CT molecular complexity index is 586. The Morgan fingerprint density at radius 1 is 1.37 bits per heavy atom. The van der Waals surface area contributed by atoms with E-state index in [1.54, 1.807) is 19.2 Å². The Morgan fingerprint density at radius 3 is 2.95 bits per heavy atom. The van der Waals surface area contributed by atoms with Crippen LogP contribution in [0.1, 0.15) is 16.1 Å². The van der Waals surface area contributed by atoms with Gasteiger partial charge in [0.15, 0.2) is 5.69 Å². The van der Waals surface area contributed by atoms with Gasteiger partial charge in [-0.2, -0.15) is 4.98 Å². The topological polar surface area (TPSA) is 81.5 Å². The highest BCUT2D eigenvalue weighted by Gasteiger charge is 2.08. The monoisotopic (exact) mass is 260 g/mol. The number of aromatic carboxylic acids is 1. The van der Waals surface area contributed by atoms with E-state index < -0.39 is 5.97 Å². The molecule has 0 radical (unpaired) electrons. The first-order valence-electron chi connectivity index (χ1n) is 5.51. The van der Waals surface area contributed by atoms with Crippen LogP contribution in [0.5, 0.6) is 11.8 Å². The van der Waals surface area contributed by atoms with Gasteiger partial charge >= 0.3 is 12.0 Å². The highest BCUT2D eigenvalue weighted by molar-refractivity contribution is 5.85. The lowest BCUT2D eigenvalue weighted by Gasteiger charge is -2.06. The molecular weight excluding hydrogens is 248 g/mol. The van der Waals surface area contributed by atoms with Crippen LogP contribution in [0, 0.1) is 0 Å². The van der Waals surface area contributed by atoms with E-state index >= 15 is 0 Å². The summed E-state index contributed by atoms with van der Waals surface area (Å²) in [5.41, 5.74) is 0.826. The SMILES string of the molecule is COCc1cccc(Oc2nccc(C(=O)O)n2)c1. The molecule has 2 aromatic rings.